The second-order valence-corrected chi connectivity index (χ2v) is 7.41. The first-order chi connectivity index (χ1) is 12.7. The fourth-order valence-electron chi connectivity index (χ4n) is 3.36. The molecule has 2 aromatic heterocycles. The molecule has 0 saturated heterocycles. The maximum absolute atomic E-state index is 12.6. The van der Waals surface area contributed by atoms with Crippen LogP contribution in [0.4, 0.5) is 5.82 Å². The largest absolute Gasteiger partial charge is 0.325 e. The molecule has 3 N–H and O–H groups in total. The van der Waals surface area contributed by atoms with Crippen molar-refractivity contribution in [2.45, 2.75) is 38.1 Å². The van der Waals surface area contributed by atoms with Crippen LogP contribution in [0.15, 0.2) is 41.8 Å². The predicted octanol–water partition coefficient (Wildman–Crippen LogP) is 4.12. The van der Waals surface area contributed by atoms with E-state index < -0.39 is 0 Å². The van der Waals surface area contributed by atoms with Crippen LogP contribution in [0.3, 0.4) is 0 Å². The van der Waals surface area contributed by atoms with Crippen LogP contribution in [0.5, 0.6) is 0 Å². The SMILES string of the molecule is Cl.NCc1nc(C(=O)Nc2cc(C3CCCC3)nn2-c2ccccc2)cs1. The average molecular weight is 404 g/mol. The van der Waals surface area contributed by atoms with Crippen LogP contribution >= 0.6 is 23.7 Å². The van der Waals surface area contributed by atoms with Gasteiger partial charge in [0.15, 0.2) is 0 Å². The highest BCUT2D eigenvalue weighted by Crippen LogP contribution is 2.35. The Bertz CT molecular complexity index is 902. The number of nitrogens with one attached hydrogen (secondary N) is 1. The molecule has 1 aromatic carbocycles. The number of nitrogens with zero attached hydrogens (tertiary/aromatic N) is 3. The molecule has 27 heavy (non-hydrogen) atoms. The van der Waals surface area contributed by atoms with Crippen LogP contribution < -0.4 is 11.1 Å². The van der Waals surface area contributed by atoms with Crippen molar-refractivity contribution in [2.24, 2.45) is 5.73 Å². The van der Waals surface area contributed by atoms with Crippen molar-refractivity contribution in [3.8, 4) is 5.69 Å². The Labute approximate surface area is 168 Å². The fraction of sp³-hybridized carbons (Fsp3) is 0.316. The van der Waals surface area contributed by atoms with Crippen molar-refractivity contribution in [1.82, 2.24) is 14.8 Å². The first-order valence-corrected chi connectivity index (χ1v) is 9.74. The first-order valence-electron chi connectivity index (χ1n) is 8.86. The third-order valence-corrected chi connectivity index (χ3v) is 5.57. The Morgan fingerprint density at radius 3 is 2.67 bits per heavy atom. The number of amides is 1. The molecule has 1 aliphatic carbocycles. The van der Waals surface area contributed by atoms with Gasteiger partial charge < -0.3 is 11.1 Å². The molecular formula is C19H22ClN5OS. The third kappa shape index (κ3) is 4.21. The summed E-state index contributed by atoms with van der Waals surface area (Å²) in [6.45, 7) is 0.339. The molecule has 0 radical (unpaired) electrons. The standard InChI is InChI=1S/C19H21N5OS.ClH/c20-11-18-21-16(12-26-18)19(25)22-17-10-15(13-6-4-5-7-13)23-24(17)14-8-2-1-3-9-14;/h1-3,8-10,12-13H,4-7,11,20H2,(H,22,25);1H. The van der Waals surface area contributed by atoms with Crippen molar-refractivity contribution in [2.75, 3.05) is 5.32 Å². The van der Waals surface area contributed by atoms with E-state index in [9.17, 15) is 4.79 Å². The van der Waals surface area contributed by atoms with Gasteiger partial charge in [0.05, 0.1) is 11.4 Å². The normalized spacial score (nSPS) is 14.1. The van der Waals surface area contributed by atoms with E-state index in [1.807, 2.05) is 41.1 Å². The van der Waals surface area contributed by atoms with E-state index in [1.54, 1.807) is 5.38 Å². The summed E-state index contributed by atoms with van der Waals surface area (Å²) in [4.78, 5) is 16.9. The highest BCUT2D eigenvalue weighted by Gasteiger charge is 2.23. The Kier molecular flexibility index (Phi) is 6.26. The quantitative estimate of drug-likeness (QED) is 0.670. The zero-order chi connectivity index (χ0) is 17.9. The van der Waals surface area contributed by atoms with Gasteiger partial charge in [0.2, 0.25) is 0 Å². The van der Waals surface area contributed by atoms with Gasteiger partial charge in [-0.3, -0.25) is 4.79 Å². The monoisotopic (exact) mass is 403 g/mol. The number of nitrogens with two attached hydrogens (primary N) is 1. The van der Waals surface area contributed by atoms with E-state index in [4.69, 9.17) is 10.8 Å². The molecule has 142 valence electrons. The molecule has 1 aliphatic rings. The first kappa shape index (κ1) is 19.5. The summed E-state index contributed by atoms with van der Waals surface area (Å²) in [7, 11) is 0. The van der Waals surface area contributed by atoms with E-state index >= 15 is 0 Å². The second-order valence-electron chi connectivity index (χ2n) is 6.47. The predicted molar refractivity (Wildman–Crippen MR) is 110 cm³/mol. The minimum absolute atomic E-state index is 0. The molecule has 6 nitrogen and oxygen atoms in total. The van der Waals surface area contributed by atoms with E-state index in [0.717, 1.165) is 29.2 Å². The molecule has 4 rings (SSSR count). The number of carbonyl (C=O) groups is 1. The molecule has 0 unspecified atom stereocenters. The van der Waals surface area contributed by atoms with Gasteiger partial charge in [0, 0.05) is 23.9 Å². The van der Waals surface area contributed by atoms with Gasteiger partial charge in [-0.2, -0.15) is 5.10 Å². The van der Waals surface area contributed by atoms with Crippen molar-refractivity contribution in [1.29, 1.82) is 0 Å². The molecule has 1 amide bonds. The van der Waals surface area contributed by atoms with Crippen molar-refractivity contribution < 1.29 is 4.79 Å². The van der Waals surface area contributed by atoms with Crippen molar-refractivity contribution in [3.63, 3.8) is 0 Å². The molecule has 0 spiro atoms. The van der Waals surface area contributed by atoms with Crippen LogP contribution in [0.1, 0.15) is 52.8 Å². The number of aromatic nitrogens is 3. The number of rotatable bonds is 5. The number of anilines is 1. The van der Waals surface area contributed by atoms with Crippen LogP contribution in [-0.4, -0.2) is 20.7 Å². The smallest absolute Gasteiger partial charge is 0.276 e. The molecule has 3 aromatic rings. The Morgan fingerprint density at radius 1 is 1.26 bits per heavy atom. The summed E-state index contributed by atoms with van der Waals surface area (Å²) < 4.78 is 1.81. The Balaban J connectivity index is 0.00000210. The lowest BCUT2D eigenvalue weighted by atomic mass is 10.0. The Morgan fingerprint density at radius 2 is 2.00 bits per heavy atom. The maximum Gasteiger partial charge on any atom is 0.276 e. The van der Waals surface area contributed by atoms with Gasteiger partial charge in [-0.25, -0.2) is 9.67 Å². The molecule has 8 heteroatoms. The summed E-state index contributed by atoms with van der Waals surface area (Å²) in [5.41, 5.74) is 7.95. The summed E-state index contributed by atoms with van der Waals surface area (Å²) >= 11 is 1.40. The van der Waals surface area contributed by atoms with E-state index in [-0.39, 0.29) is 18.3 Å². The summed E-state index contributed by atoms with van der Waals surface area (Å²) in [6, 6.07) is 11.9. The maximum atomic E-state index is 12.6. The lowest BCUT2D eigenvalue weighted by molar-refractivity contribution is 0.102. The van der Waals surface area contributed by atoms with Gasteiger partial charge in [-0.15, -0.1) is 23.7 Å². The summed E-state index contributed by atoms with van der Waals surface area (Å²) in [5.74, 6) is 0.903. The highest BCUT2D eigenvalue weighted by molar-refractivity contribution is 7.09. The lowest BCUT2D eigenvalue weighted by Crippen LogP contribution is -2.15. The molecule has 0 atom stereocenters. The molecule has 0 bridgehead atoms. The lowest BCUT2D eigenvalue weighted by Gasteiger charge is -2.08. The van der Waals surface area contributed by atoms with Crippen LogP contribution in [0.2, 0.25) is 0 Å². The van der Waals surface area contributed by atoms with Gasteiger partial charge >= 0.3 is 0 Å². The summed E-state index contributed by atoms with van der Waals surface area (Å²) in [6.07, 6.45) is 4.80. The van der Waals surface area contributed by atoms with Gasteiger partial charge in [0.25, 0.3) is 5.91 Å². The van der Waals surface area contributed by atoms with Gasteiger partial charge in [-0.05, 0) is 25.0 Å². The topological polar surface area (TPSA) is 85.8 Å². The number of halogens is 1. The molecule has 1 saturated carbocycles. The Hall–Kier alpha value is -2.22. The zero-order valence-corrected chi connectivity index (χ0v) is 16.4. The van der Waals surface area contributed by atoms with Crippen molar-refractivity contribution in [3.05, 3.63) is 58.2 Å². The van der Waals surface area contributed by atoms with Crippen LogP contribution in [0.25, 0.3) is 5.69 Å². The van der Waals surface area contributed by atoms with E-state index in [0.29, 0.717) is 24.0 Å². The number of benzene rings is 1. The molecule has 2 heterocycles. The van der Waals surface area contributed by atoms with E-state index in [2.05, 4.69) is 10.3 Å². The van der Waals surface area contributed by atoms with Crippen molar-refractivity contribution >= 4 is 35.5 Å². The number of hydrogen-bond acceptors (Lipinski definition) is 5. The number of para-hydroxylation sites is 1. The number of thiazole rings is 1. The molecule has 0 aliphatic heterocycles. The minimum atomic E-state index is -0.240. The molecule has 1 fully saturated rings. The second kappa shape index (κ2) is 8.65. The average Bonchev–Trinajstić information content (AvgIpc) is 3.42. The molecular weight excluding hydrogens is 382 g/mol. The van der Waals surface area contributed by atoms with Crippen LogP contribution in [0, 0.1) is 0 Å². The van der Waals surface area contributed by atoms with Crippen LogP contribution in [-0.2, 0) is 6.54 Å². The van der Waals surface area contributed by atoms with Gasteiger partial charge in [-0.1, -0.05) is 31.0 Å². The number of hydrogen-bond donors (Lipinski definition) is 2. The highest BCUT2D eigenvalue weighted by atomic mass is 35.5. The zero-order valence-electron chi connectivity index (χ0n) is 14.8. The van der Waals surface area contributed by atoms with E-state index in [1.165, 1.54) is 24.2 Å². The summed E-state index contributed by atoms with van der Waals surface area (Å²) in [5, 5.41) is 10.2. The minimum Gasteiger partial charge on any atom is -0.325 e. The number of carbonyl (C=O) groups excluding carboxylic acids is 1. The third-order valence-electron chi connectivity index (χ3n) is 4.70. The van der Waals surface area contributed by atoms with Gasteiger partial charge in [0.1, 0.15) is 16.5 Å². The fourth-order valence-corrected chi connectivity index (χ4v) is 4.02.